The Morgan fingerprint density at radius 1 is 0.373 bits per heavy atom. The van der Waals surface area contributed by atoms with E-state index in [0.29, 0.717) is 5.56 Å². The largest absolute Gasteiger partial charge is 0.311 e. The fraction of sp³-hybridized carbons (Fsp3) is 0.290. The molecule has 3 aliphatic heterocycles. The molecule has 0 fully saturated rings. The first-order valence-corrected chi connectivity index (χ1v) is 27.1. The Balaban J connectivity index is 1.16. The predicted octanol–water partition coefficient (Wildman–Crippen LogP) is 16.6. The fourth-order valence-electron chi connectivity index (χ4n) is 12.7. The molecular formula is C69H68BN5. The van der Waals surface area contributed by atoms with E-state index in [2.05, 4.69) is 268 Å². The second-order valence-corrected chi connectivity index (χ2v) is 27.2. The lowest BCUT2D eigenvalue weighted by molar-refractivity contribution is 0.590. The zero-order valence-electron chi connectivity index (χ0n) is 46.6. The van der Waals surface area contributed by atoms with Crippen molar-refractivity contribution in [1.82, 2.24) is 9.13 Å². The molecule has 0 saturated heterocycles. The Morgan fingerprint density at radius 3 is 1.39 bits per heavy atom. The lowest BCUT2D eigenvalue weighted by Crippen LogP contribution is -2.62. The van der Waals surface area contributed by atoms with Gasteiger partial charge in [-0.2, -0.15) is 5.26 Å². The van der Waals surface area contributed by atoms with Gasteiger partial charge in [0.25, 0.3) is 6.71 Å². The number of nitriles is 1. The molecule has 372 valence electrons. The van der Waals surface area contributed by atoms with Crippen LogP contribution in [0, 0.1) is 11.3 Å². The summed E-state index contributed by atoms with van der Waals surface area (Å²) in [5, 5.41) is 16.3. The first-order valence-electron chi connectivity index (χ1n) is 27.1. The number of benzene rings is 8. The summed E-state index contributed by atoms with van der Waals surface area (Å²) in [7, 11) is 0. The molecule has 0 amide bonds. The van der Waals surface area contributed by atoms with Crippen LogP contribution in [0.1, 0.15) is 137 Å². The summed E-state index contributed by atoms with van der Waals surface area (Å²) in [6.07, 6.45) is 0. The van der Waals surface area contributed by atoms with E-state index in [1.165, 1.54) is 99.2 Å². The third-order valence-electron chi connectivity index (χ3n) is 16.9. The van der Waals surface area contributed by atoms with Crippen molar-refractivity contribution < 1.29 is 0 Å². The molecule has 75 heavy (non-hydrogen) atoms. The van der Waals surface area contributed by atoms with Gasteiger partial charge in [-0.05, 0) is 162 Å². The molecule has 0 N–H and O–H groups in total. The second-order valence-electron chi connectivity index (χ2n) is 27.2. The number of fused-ring (bicyclic) bond motifs is 12. The first-order chi connectivity index (χ1) is 35.3. The van der Waals surface area contributed by atoms with Crippen LogP contribution in [-0.4, -0.2) is 15.8 Å². The molecular weight excluding hydrogens is 910 g/mol. The summed E-state index contributed by atoms with van der Waals surface area (Å²) < 4.78 is 5.08. The van der Waals surface area contributed by atoms with E-state index < -0.39 is 0 Å². The average molecular weight is 978 g/mol. The minimum absolute atomic E-state index is 0.00691. The second kappa shape index (κ2) is 15.3. The van der Waals surface area contributed by atoms with Gasteiger partial charge < -0.3 is 18.9 Å². The molecule has 6 heteroatoms. The Kier molecular flexibility index (Phi) is 9.65. The van der Waals surface area contributed by atoms with Gasteiger partial charge in [0.1, 0.15) is 0 Å². The van der Waals surface area contributed by atoms with Crippen molar-refractivity contribution in [2.45, 2.75) is 131 Å². The van der Waals surface area contributed by atoms with E-state index in [1.54, 1.807) is 0 Å². The number of para-hydroxylation sites is 1. The normalized spacial score (nSPS) is 14.2. The molecule has 0 aliphatic carbocycles. The number of hydrogen-bond acceptors (Lipinski definition) is 3. The topological polar surface area (TPSA) is 40.1 Å². The lowest BCUT2D eigenvalue weighted by Gasteiger charge is -2.47. The summed E-state index contributed by atoms with van der Waals surface area (Å²) in [6.45, 7) is 34.7. The Hall–Kier alpha value is -7.49. The minimum atomic E-state index is -0.157. The van der Waals surface area contributed by atoms with Crippen LogP contribution in [0.5, 0.6) is 0 Å². The maximum atomic E-state index is 11.2. The highest BCUT2D eigenvalue weighted by Crippen LogP contribution is 2.55. The molecule has 5 nitrogen and oxygen atoms in total. The van der Waals surface area contributed by atoms with Crippen molar-refractivity contribution in [2.75, 3.05) is 9.80 Å². The van der Waals surface area contributed by atoms with Gasteiger partial charge in [-0.1, -0.05) is 152 Å². The summed E-state index contributed by atoms with van der Waals surface area (Å²) in [4.78, 5) is 5.01. The maximum absolute atomic E-state index is 11.2. The number of aromatic nitrogens is 2. The molecule has 0 saturated carbocycles. The van der Waals surface area contributed by atoms with Gasteiger partial charge in [-0.25, -0.2) is 0 Å². The predicted molar refractivity (Wildman–Crippen MR) is 321 cm³/mol. The molecule has 0 radical (unpaired) electrons. The van der Waals surface area contributed by atoms with Crippen molar-refractivity contribution in [3.8, 4) is 17.4 Å². The molecule has 10 aromatic rings. The maximum Gasteiger partial charge on any atom is 0.252 e. The Morgan fingerprint density at radius 2 is 0.853 bits per heavy atom. The van der Waals surface area contributed by atoms with E-state index in [-0.39, 0.29) is 33.8 Å². The zero-order valence-corrected chi connectivity index (χ0v) is 46.6. The monoisotopic (exact) mass is 978 g/mol. The van der Waals surface area contributed by atoms with E-state index in [9.17, 15) is 5.26 Å². The van der Waals surface area contributed by atoms with Crippen LogP contribution >= 0.6 is 0 Å². The quantitative estimate of drug-likeness (QED) is 0.162. The molecule has 3 aliphatic rings. The van der Waals surface area contributed by atoms with Gasteiger partial charge >= 0.3 is 0 Å². The van der Waals surface area contributed by atoms with Crippen LogP contribution < -0.4 is 26.2 Å². The minimum Gasteiger partial charge on any atom is -0.311 e. The first kappa shape index (κ1) is 47.2. The summed E-state index contributed by atoms with van der Waals surface area (Å²) in [5.74, 6) is 0. The van der Waals surface area contributed by atoms with Crippen LogP contribution in [0.4, 0.5) is 34.1 Å². The standard InChI is InChI=1S/C69H68BN5/c1-65(2,3)41-21-26-54-48(31-41)49-32-42(66(4,5)6)22-27-55(49)73(54)47-24-25-52-57(38-47)72(46-19-17-16-18-20-46)58-29-40(39-71)30-59-62(58)70(52)53-35-45(69(13,14)15)37-61-64(53)75(59)60-36-44(68(10,11)12)34-51-50-33-43(67(7,8)9)23-28-56(50)74(61)63(51)60/h16-38H,1-15H3. The van der Waals surface area contributed by atoms with Crippen molar-refractivity contribution in [2.24, 2.45) is 0 Å². The fourth-order valence-corrected chi connectivity index (χ4v) is 12.7. The molecule has 5 heterocycles. The van der Waals surface area contributed by atoms with Gasteiger partial charge in [0.05, 0.1) is 50.8 Å². The van der Waals surface area contributed by atoms with Crippen molar-refractivity contribution >= 4 is 101 Å². The highest BCUT2D eigenvalue weighted by atomic mass is 15.2. The van der Waals surface area contributed by atoms with E-state index in [4.69, 9.17) is 0 Å². The summed E-state index contributed by atoms with van der Waals surface area (Å²) >= 11 is 0. The van der Waals surface area contributed by atoms with Crippen LogP contribution in [-0.2, 0) is 27.1 Å². The average Bonchev–Trinajstić information content (AvgIpc) is 3.86. The summed E-state index contributed by atoms with van der Waals surface area (Å²) in [5.41, 5.74) is 24.3. The third-order valence-corrected chi connectivity index (χ3v) is 16.9. The van der Waals surface area contributed by atoms with E-state index in [1.807, 2.05) is 0 Å². The van der Waals surface area contributed by atoms with E-state index in [0.717, 1.165) is 34.1 Å². The van der Waals surface area contributed by atoms with E-state index >= 15 is 0 Å². The molecule has 0 atom stereocenters. The van der Waals surface area contributed by atoms with Crippen molar-refractivity contribution in [3.05, 3.63) is 173 Å². The molecule has 0 spiro atoms. The molecule has 0 unspecified atom stereocenters. The van der Waals surface area contributed by atoms with Gasteiger partial charge in [-0.3, -0.25) is 0 Å². The SMILES string of the molecule is CC(C)(C)c1cc2c3c(c1)-n1c4ccc(C(C)(C)C)cc4c4cc(C(C)(C)C)cc(c41)N3c1cc(C#N)cc3c1B2c1ccc(-n2c4ccc(C(C)(C)C)cc4c4cc(C(C)(C)C)ccc42)cc1N3c1ccccc1. The van der Waals surface area contributed by atoms with Crippen LogP contribution in [0.3, 0.4) is 0 Å². The summed E-state index contributed by atoms with van der Waals surface area (Å²) in [6, 6.07) is 56.4. The number of hydrogen-bond donors (Lipinski definition) is 0. The van der Waals surface area contributed by atoms with Crippen LogP contribution in [0.15, 0.2) is 140 Å². The third kappa shape index (κ3) is 6.89. The Labute approximate surface area is 444 Å². The van der Waals surface area contributed by atoms with Gasteiger partial charge in [0, 0.05) is 50.0 Å². The zero-order chi connectivity index (χ0) is 52.8. The lowest BCUT2D eigenvalue weighted by atomic mass is 9.33. The van der Waals surface area contributed by atoms with Crippen LogP contribution in [0.25, 0.3) is 55.0 Å². The number of nitrogens with zero attached hydrogens (tertiary/aromatic N) is 5. The number of rotatable bonds is 2. The molecule has 13 rings (SSSR count). The molecule has 8 aromatic carbocycles. The number of anilines is 6. The van der Waals surface area contributed by atoms with Gasteiger partial charge in [-0.15, -0.1) is 0 Å². The van der Waals surface area contributed by atoms with Crippen LogP contribution in [0.2, 0.25) is 0 Å². The smallest absolute Gasteiger partial charge is 0.252 e. The highest BCUT2D eigenvalue weighted by Gasteiger charge is 2.47. The molecule has 0 bridgehead atoms. The van der Waals surface area contributed by atoms with Gasteiger partial charge in [0.15, 0.2) is 0 Å². The van der Waals surface area contributed by atoms with Crippen molar-refractivity contribution in [3.63, 3.8) is 0 Å². The van der Waals surface area contributed by atoms with Crippen molar-refractivity contribution in [1.29, 1.82) is 5.26 Å². The Bertz CT molecular complexity index is 4090. The van der Waals surface area contributed by atoms with Gasteiger partial charge in [0.2, 0.25) is 0 Å². The highest BCUT2D eigenvalue weighted by molar-refractivity contribution is 7.00. The molecule has 2 aromatic heterocycles.